The second kappa shape index (κ2) is 10.9. The topological polar surface area (TPSA) is 96.7 Å². The van der Waals surface area contributed by atoms with Crippen molar-refractivity contribution in [2.45, 2.75) is 45.3 Å². The number of carbonyl (C=O) groups is 2. The number of hydrogen-bond donors (Lipinski definition) is 2. The maximum absolute atomic E-state index is 12.0. The van der Waals surface area contributed by atoms with Crippen LogP contribution in [0.2, 0.25) is 0 Å². The SMILES string of the molecule is Cn1c(CC[C@@H](NC(=O)OC(C)(C)C)C(=O)O)nc2cc(N(CCCl)CCCl)ccc21. The van der Waals surface area contributed by atoms with Crippen LogP contribution in [0.15, 0.2) is 18.2 Å². The third-order valence-corrected chi connectivity index (χ3v) is 5.01. The maximum Gasteiger partial charge on any atom is 0.408 e. The van der Waals surface area contributed by atoms with E-state index in [-0.39, 0.29) is 6.42 Å². The van der Waals surface area contributed by atoms with Gasteiger partial charge < -0.3 is 24.6 Å². The number of fused-ring (bicyclic) bond motifs is 1. The molecule has 0 spiro atoms. The number of aliphatic carboxylic acids is 1. The number of halogens is 2. The Hall–Kier alpha value is -2.19. The number of carboxylic acid groups (broad SMARTS) is 1. The van der Waals surface area contributed by atoms with Gasteiger partial charge in [0.05, 0.1) is 11.0 Å². The molecule has 2 aromatic rings. The molecule has 10 heteroatoms. The maximum atomic E-state index is 12.0. The minimum Gasteiger partial charge on any atom is -0.480 e. The molecule has 1 heterocycles. The summed E-state index contributed by atoms with van der Waals surface area (Å²) in [5.74, 6) is 0.586. The average Bonchev–Trinajstić information content (AvgIpc) is 2.98. The van der Waals surface area contributed by atoms with E-state index in [1.54, 1.807) is 20.8 Å². The summed E-state index contributed by atoms with van der Waals surface area (Å²) in [5, 5.41) is 11.9. The summed E-state index contributed by atoms with van der Waals surface area (Å²) in [7, 11) is 1.89. The summed E-state index contributed by atoms with van der Waals surface area (Å²) in [6, 6.07) is 4.88. The quantitative estimate of drug-likeness (QED) is 0.510. The number of anilines is 1. The number of carbonyl (C=O) groups excluding carboxylic acids is 1. The van der Waals surface area contributed by atoms with E-state index in [9.17, 15) is 14.7 Å². The van der Waals surface area contributed by atoms with Crippen LogP contribution in [-0.2, 0) is 23.0 Å². The molecule has 0 saturated carbocycles. The standard InChI is InChI=1S/C21H30Cl2N4O4/c1-21(2,3)31-20(30)25-15(19(28)29)6-8-18-24-16-13-14(5-7-17(16)26(18)4)27(11-9-22)12-10-23/h5,7,13,15H,6,8-12H2,1-4H3,(H,25,30)(H,28,29)/t15-/m1/s1. The normalized spacial score (nSPS) is 12.6. The van der Waals surface area contributed by atoms with Gasteiger partial charge >= 0.3 is 12.1 Å². The molecule has 2 N–H and O–H groups in total. The summed E-state index contributed by atoms with van der Waals surface area (Å²) >= 11 is 11.8. The van der Waals surface area contributed by atoms with Crippen molar-refractivity contribution in [3.05, 3.63) is 24.0 Å². The van der Waals surface area contributed by atoms with Crippen LogP contribution in [0.3, 0.4) is 0 Å². The molecule has 0 unspecified atom stereocenters. The number of nitrogens with zero attached hydrogens (tertiary/aromatic N) is 3. The molecular weight excluding hydrogens is 443 g/mol. The van der Waals surface area contributed by atoms with Crippen LogP contribution >= 0.6 is 23.2 Å². The van der Waals surface area contributed by atoms with Gasteiger partial charge in [0.2, 0.25) is 0 Å². The van der Waals surface area contributed by atoms with Gasteiger partial charge in [-0.1, -0.05) is 0 Å². The molecule has 1 aromatic carbocycles. The van der Waals surface area contributed by atoms with Crippen molar-refractivity contribution >= 4 is 52.0 Å². The Morgan fingerprint density at radius 3 is 2.45 bits per heavy atom. The minimum absolute atomic E-state index is 0.184. The Bertz CT molecular complexity index is 905. The van der Waals surface area contributed by atoms with E-state index in [2.05, 4.69) is 15.2 Å². The lowest BCUT2D eigenvalue weighted by Gasteiger charge is -2.22. The molecule has 0 saturated heterocycles. The van der Waals surface area contributed by atoms with E-state index in [1.165, 1.54) is 0 Å². The summed E-state index contributed by atoms with van der Waals surface area (Å²) in [6.45, 7) is 6.51. The molecule has 1 amide bonds. The Morgan fingerprint density at radius 2 is 1.90 bits per heavy atom. The van der Waals surface area contributed by atoms with E-state index in [0.717, 1.165) is 22.5 Å². The number of imidazole rings is 1. The summed E-state index contributed by atoms with van der Waals surface area (Å²) in [6.07, 6.45) is -0.197. The predicted octanol–water partition coefficient (Wildman–Crippen LogP) is 3.77. The second-order valence-corrected chi connectivity index (χ2v) is 8.96. The zero-order valence-corrected chi connectivity index (χ0v) is 19.8. The van der Waals surface area contributed by atoms with Gasteiger partial charge in [-0.3, -0.25) is 0 Å². The third-order valence-electron chi connectivity index (χ3n) is 4.68. The lowest BCUT2D eigenvalue weighted by molar-refractivity contribution is -0.139. The molecule has 0 aliphatic carbocycles. The van der Waals surface area contributed by atoms with Crippen molar-refractivity contribution < 1.29 is 19.4 Å². The lowest BCUT2D eigenvalue weighted by atomic mass is 10.1. The van der Waals surface area contributed by atoms with E-state index in [4.69, 9.17) is 27.9 Å². The Kier molecular flexibility index (Phi) is 8.82. The highest BCUT2D eigenvalue weighted by atomic mass is 35.5. The minimum atomic E-state index is -1.12. The van der Waals surface area contributed by atoms with Crippen LogP contribution in [-0.4, -0.2) is 63.2 Å². The number of nitrogens with one attached hydrogen (secondary N) is 1. The number of aromatic nitrogens is 2. The number of rotatable bonds is 10. The van der Waals surface area contributed by atoms with Crippen molar-refractivity contribution in [1.29, 1.82) is 0 Å². The first-order chi connectivity index (χ1) is 14.6. The molecule has 0 radical (unpaired) electrons. The van der Waals surface area contributed by atoms with E-state index in [1.807, 2.05) is 29.8 Å². The molecular formula is C21H30Cl2N4O4. The number of alkyl halides is 2. The first kappa shape index (κ1) is 25.1. The van der Waals surface area contributed by atoms with Crippen molar-refractivity contribution in [2.75, 3.05) is 29.7 Å². The summed E-state index contributed by atoms with van der Waals surface area (Å²) in [5.41, 5.74) is 2.01. The van der Waals surface area contributed by atoms with Crippen LogP contribution in [0.25, 0.3) is 11.0 Å². The van der Waals surface area contributed by atoms with E-state index >= 15 is 0 Å². The number of alkyl carbamates (subject to hydrolysis) is 1. The third kappa shape index (κ3) is 7.18. The van der Waals surface area contributed by atoms with Gasteiger partial charge in [0.15, 0.2) is 0 Å². The fourth-order valence-electron chi connectivity index (χ4n) is 3.21. The molecule has 8 nitrogen and oxygen atoms in total. The zero-order chi connectivity index (χ0) is 23.2. The number of aryl methyl sites for hydroxylation is 2. The first-order valence-electron chi connectivity index (χ1n) is 10.1. The summed E-state index contributed by atoms with van der Waals surface area (Å²) < 4.78 is 7.09. The van der Waals surface area contributed by atoms with Crippen LogP contribution in [0.5, 0.6) is 0 Å². The van der Waals surface area contributed by atoms with Crippen molar-refractivity contribution in [3.63, 3.8) is 0 Å². The molecule has 1 aromatic heterocycles. The smallest absolute Gasteiger partial charge is 0.408 e. The number of benzene rings is 1. The first-order valence-corrected chi connectivity index (χ1v) is 11.2. The molecule has 0 fully saturated rings. The molecule has 0 aliphatic rings. The predicted molar refractivity (Wildman–Crippen MR) is 123 cm³/mol. The Labute approximate surface area is 192 Å². The molecule has 0 bridgehead atoms. The van der Waals surface area contributed by atoms with Crippen LogP contribution < -0.4 is 10.2 Å². The van der Waals surface area contributed by atoms with Gasteiger partial charge in [0.25, 0.3) is 0 Å². The van der Waals surface area contributed by atoms with E-state index < -0.39 is 23.7 Å². The number of hydrogen-bond acceptors (Lipinski definition) is 5. The van der Waals surface area contributed by atoms with Gasteiger partial charge in [-0.15, -0.1) is 23.2 Å². The molecule has 0 aliphatic heterocycles. The fourth-order valence-corrected chi connectivity index (χ4v) is 3.62. The van der Waals surface area contributed by atoms with Gasteiger partial charge in [0, 0.05) is 44.0 Å². The average molecular weight is 473 g/mol. The van der Waals surface area contributed by atoms with Crippen molar-refractivity contribution in [3.8, 4) is 0 Å². The molecule has 31 heavy (non-hydrogen) atoms. The van der Waals surface area contributed by atoms with Crippen molar-refractivity contribution in [2.24, 2.45) is 7.05 Å². The molecule has 1 atom stereocenters. The second-order valence-electron chi connectivity index (χ2n) is 8.20. The Morgan fingerprint density at radius 1 is 1.26 bits per heavy atom. The Balaban J connectivity index is 2.15. The van der Waals surface area contributed by atoms with E-state index in [0.29, 0.717) is 31.3 Å². The van der Waals surface area contributed by atoms with Gasteiger partial charge in [-0.25, -0.2) is 14.6 Å². The largest absolute Gasteiger partial charge is 0.480 e. The van der Waals surface area contributed by atoms with Crippen molar-refractivity contribution in [1.82, 2.24) is 14.9 Å². The number of carboxylic acids is 1. The highest BCUT2D eigenvalue weighted by molar-refractivity contribution is 6.18. The van der Waals surface area contributed by atoms with Crippen LogP contribution in [0, 0.1) is 0 Å². The van der Waals surface area contributed by atoms with Crippen LogP contribution in [0.1, 0.15) is 33.0 Å². The van der Waals surface area contributed by atoms with Crippen LogP contribution in [0.4, 0.5) is 10.5 Å². The van der Waals surface area contributed by atoms with Gasteiger partial charge in [-0.2, -0.15) is 0 Å². The highest BCUT2D eigenvalue weighted by Gasteiger charge is 2.24. The van der Waals surface area contributed by atoms with Gasteiger partial charge in [-0.05, 0) is 45.4 Å². The number of ether oxygens (including phenoxy) is 1. The fraction of sp³-hybridized carbons (Fsp3) is 0.571. The van der Waals surface area contributed by atoms with Gasteiger partial charge in [0.1, 0.15) is 17.5 Å². The number of amides is 1. The monoisotopic (exact) mass is 472 g/mol. The highest BCUT2D eigenvalue weighted by Crippen LogP contribution is 2.23. The zero-order valence-electron chi connectivity index (χ0n) is 18.3. The molecule has 2 rings (SSSR count). The summed E-state index contributed by atoms with van der Waals surface area (Å²) in [4.78, 5) is 30.3. The molecule has 172 valence electrons. The lowest BCUT2D eigenvalue weighted by Crippen LogP contribution is -2.43.